The molecule has 10 heteroatoms. The minimum absolute atomic E-state index is 0.0565. The zero-order chi connectivity index (χ0) is 21.3. The van der Waals surface area contributed by atoms with Gasteiger partial charge in [-0.1, -0.05) is 12.1 Å². The van der Waals surface area contributed by atoms with Crippen LogP contribution >= 0.6 is 0 Å². The Labute approximate surface area is 173 Å². The highest BCUT2D eigenvalue weighted by atomic mass is 16.6. The number of ether oxygens (including phenoxy) is 1. The number of carbonyl (C=O) groups excluding carboxylic acids is 1. The molecule has 2 fully saturated rings. The van der Waals surface area contributed by atoms with Crippen molar-refractivity contribution in [3.63, 3.8) is 0 Å². The number of carbonyl (C=O) groups is 1. The Balaban J connectivity index is 1.39. The molecule has 0 spiro atoms. The maximum Gasteiger partial charge on any atom is 0.269 e. The summed E-state index contributed by atoms with van der Waals surface area (Å²) in [6.45, 7) is 0.758. The fourth-order valence-electron chi connectivity index (χ4n) is 4.54. The summed E-state index contributed by atoms with van der Waals surface area (Å²) < 4.78 is 5.16. The number of fused-ring (bicyclic) bond motifs is 2. The van der Waals surface area contributed by atoms with Crippen LogP contribution in [-0.4, -0.2) is 50.9 Å². The number of rotatable bonds is 6. The van der Waals surface area contributed by atoms with Crippen molar-refractivity contribution in [1.29, 1.82) is 0 Å². The minimum atomic E-state index is -0.386. The van der Waals surface area contributed by atoms with Gasteiger partial charge in [-0.15, -0.1) is 0 Å². The minimum Gasteiger partial charge on any atom is -0.480 e. The molecule has 1 unspecified atom stereocenters. The van der Waals surface area contributed by atoms with Crippen LogP contribution in [0.1, 0.15) is 41.6 Å². The maximum absolute atomic E-state index is 12.7. The van der Waals surface area contributed by atoms with Crippen LogP contribution in [0, 0.1) is 10.1 Å². The van der Waals surface area contributed by atoms with Gasteiger partial charge in [0.15, 0.2) is 0 Å². The van der Waals surface area contributed by atoms with Gasteiger partial charge in [-0.2, -0.15) is 4.98 Å². The Bertz CT molecular complexity index is 937. The number of amides is 1. The molecular weight excluding hydrogens is 388 g/mol. The molecule has 2 bridgehead atoms. The van der Waals surface area contributed by atoms with Gasteiger partial charge < -0.3 is 15.8 Å². The van der Waals surface area contributed by atoms with E-state index >= 15 is 0 Å². The van der Waals surface area contributed by atoms with Crippen molar-refractivity contribution < 1.29 is 14.5 Å². The molecule has 2 saturated heterocycles. The van der Waals surface area contributed by atoms with Gasteiger partial charge in [0.2, 0.25) is 11.8 Å². The van der Waals surface area contributed by atoms with Crippen LogP contribution in [0.2, 0.25) is 0 Å². The topological polar surface area (TPSA) is 137 Å². The highest BCUT2D eigenvalue weighted by Gasteiger charge is 2.41. The predicted octanol–water partition coefficient (Wildman–Crippen LogP) is 1.90. The number of aromatic nitrogens is 2. The lowest BCUT2D eigenvalue weighted by Gasteiger charge is -2.39. The third-order valence-electron chi connectivity index (χ3n) is 5.94. The van der Waals surface area contributed by atoms with E-state index in [4.69, 9.17) is 10.5 Å². The van der Waals surface area contributed by atoms with E-state index in [1.54, 1.807) is 12.1 Å². The van der Waals surface area contributed by atoms with Gasteiger partial charge in [-0.05, 0) is 31.2 Å². The number of nitro groups is 1. The van der Waals surface area contributed by atoms with Gasteiger partial charge in [0, 0.05) is 43.0 Å². The second kappa shape index (κ2) is 8.23. The predicted molar refractivity (Wildman–Crippen MR) is 109 cm³/mol. The van der Waals surface area contributed by atoms with Gasteiger partial charge in [-0.3, -0.25) is 19.8 Å². The average molecular weight is 412 g/mol. The number of benzene rings is 1. The summed E-state index contributed by atoms with van der Waals surface area (Å²) in [5.74, 6) is -0.0420. The number of nitrogens with one attached hydrogen (secondary N) is 1. The summed E-state index contributed by atoms with van der Waals surface area (Å²) in [5, 5.41) is 13.9. The molecule has 30 heavy (non-hydrogen) atoms. The molecule has 2 aliphatic rings. The van der Waals surface area contributed by atoms with Crippen molar-refractivity contribution in [2.45, 2.75) is 50.4 Å². The SMILES string of the molecule is COc1nc(N)ncc1C(=O)NC1C[C@H]2CC[C@@H](C1)N2Cc1ccc([N+](=O)[O-])cc1. The molecule has 2 aromatic rings. The molecule has 0 aliphatic carbocycles. The van der Waals surface area contributed by atoms with Crippen LogP contribution < -0.4 is 15.8 Å². The quantitative estimate of drug-likeness (QED) is 0.542. The Morgan fingerprint density at radius 3 is 2.57 bits per heavy atom. The summed E-state index contributed by atoms with van der Waals surface area (Å²) in [6.07, 6.45) is 5.26. The fourth-order valence-corrected chi connectivity index (χ4v) is 4.54. The molecule has 158 valence electrons. The summed E-state index contributed by atoms with van der Waals surface area (Å²) in [7, 11) is 1.44. The van der Waals surface area contributed by atoms with E-state index < -0.39 is 0 Å². The zero-order valence-corrected chi connectivity index (χ0v) is 16.7. The standard InChI is InChI=1S/C20H24N6O4/c1-30-19-17(10-22-20(21)24-19)18(27)23-13-8-15-6-7-16(9-13)25(15)11-12-2-4-14(5-3-12)26(28)29/h2-5,10,13,15-16H,6-9,11H2,1H3,(H,23,27)(H2,21,22,24)/t13?,15-,16+. The number of nitrogens with two attached hydrogens (primary N) is 1. The number of nitrogens with zero attached hydrogens (tertiary/aromatic N) is 4. The van der Waals surface area contributed by atoms with Crippen LogP contribution in [-0.2, 0) is 6.54 Å². The van der Waals surface area contributed by atoms with Gasteiger partial charge in [-0.25, -0.2) is 4.98 Å². The molecule has 0 radical (unpaired) electrons. The Morgan fingerprint density at radius 1 is 1.30 bits per heavy atom. The number of nitro benzene ring substituents is 1. The average Bonchev–Trinajstić information content (AvgIpc) is 2.95. The van der Waals surface area contributed by atoms with Crippen LogP contribution in [0.25, 0.3) is 0 Å². The van der Waals surface area contributed by atoms with E-state index in [0.29, 0.717) is 12.1 Å². The highest BCUT2D eigenvalue weighted by molar-refractivity contribution is 5.96. The Kier molecular flexibility index (Phi) is 5.49. The second-order valence-corrected chi connectivity index (χ2v) is 7.77. The molecule has 2 aliphatic heterocycles. The van der Waals surface area contributed by atoms with Crippen LogP contribution in [0.5, 0.6) is 5.88 Å². The normalized spacial score (nSPS) is 23.2. The van der Waals surface area contributed by atoms with Crippen molar-refractivity contribution in [3.05, 3.63) is 51.7 Å². The van der Waals surface area contributed by atoms with Crippen molar-refractivity contribution in [2.75, 3.05) is 12.8 Å². The number of anilines is 1. The molecule has 0 saturated carbocycles. The maximum atomic E-state index is 12.7. The molecule has 1 aromatic carbocycles. The van der Waals surface area contributed by atoms with E-state index in [9.17, 15) is 14.9 Å². The number of non-ortho nitro benzene ring substituents is 1. The van der Waals surface area contributed by atoms with Gasteiger partial charge >= 0.3 is 0 Å². The van der Waals surface area contributed by atoms with Crippen LogP contribution in [0.3, 0.4) is 0 Å². The zero-order valence-electron chi connectivity index (χ0n) is 16.7. The first-order chi connectivity index (χ1) is 14.4. The first-order valence-electron chi connectivity index (χ1n) is 9.91. The molecular formula is C20H24N6O4. The lowest BCUT2D eigenvalue weighted by Crippen LogP contribution is -2.50. The second-order valence-electron chi connectivity index (χ2n) is 7.77. The smallest absolute Gasteiger partial charge is 0.269 e. The lowest BCUT2D eigenvalue weighted by molar-refractivity contribution is -0.384. The van der Waals surface area contributed by atoms with Crippen LogP contribution in [0.15, 0.2) is 30.5 Å². The first-order valence-corrected chi connectivity index (χ1v) is 9.91. The molecule has 3 heterocycles. The summed E-state index contributed by atoms with van der Waals surface area (Å²) >= 11 is 0. The van der Waals surface area contributed by atoms with Gasteiger partial charge in [0.05, 0.1) is 12.0 Å². The van der Waals surface area contributed by atoms with E-state index in [0.717, 1.165) is 37.8 Å². The van der Waals surface area contributed by atoms with Gasteiger partial charge in [0.25, 0.3) is 11.6 Å². The first kappa shape index (κ1) is 20.0. The van der Waals surface area contributed by atoms with Gasteiger partial charge in [0.1, 0.15) is 5.56 Å². The number of nitrogen functional groups attached to an aromatic ring is 1. The van der Waals surface area contributed by atoms with Crippen molar-refractivity contribution >= 4 is 17.5 Å². The van der Waals surface area contributed by atoms with E-state index in [1.165, 1.54) is 13.3 Å². The Morgan fingerprint density at radius 2 is 1.97 bits per heavy atom. The summed E-state index contributed by atoms with van der Waals surface area (Å²) in [6, 6.07) is 7.53. The number of piperidine rings is 1. The van der Waals surface area contributed by atoms with E-state index in [-0.39, 0.29) is 40.0 Å². The third-order valence-corrected chi connectivity index (χ3v) is 5.94. The van der Waals surface area contributed by atoms with E-state index in [1.807, 2.05) is 12.1 Å². The van der Waals surface area contributed by atoms with Crippen molar-refractivity contribution in [2.24, 2.45) is 0 Å². The number of hydrogen-bond donors (Lipinski definition) is 2. The molecule has 3 N–H and O–H groups in total. The summed E-state index contributed by atoms with van der Waals surface area (Å²) in [5.41, 5.74) is 6.99. The largest absolute Gasteiger partial charge is 0.480 e. The summed E-state index contributed by atoms with van der Waals surface area (Å²) in [4.78, 5) is 33.5. The molecule has 10 nitrogen and oxygen atoms in total. The fraction of sp³-hybridized carbons (Fsp3) is 0.450. The van der Waals surface area contributed by atoms with Crippen molar-refractivity contribution in [1.82, 2.24) is 20.2 Å². The van der Waals surface area contributed by atoms with Crippen molar-refractivity contribution in [3.8, 4) is 5.88 Å². The molecule has 1 aromatic heterocycles. The molecule has 4 rings (SSSR count). The number of hydrogen-bond acceptors (Lipinski definition) is 8. The monoisotopic (exact) mass is 412 g/mol. The highest BCUT2D eigenvalue weighted by Crippen LogP contribution is 2.37. The van der Waals surface area contributed by atoms with Crippen LogP contribution in [0.4, 0.5) is 11.6 Å². The lowest BCUT2D eigenvalue weighted by atomic mass is 9.96. The van der Waals surface area contributed by atoms with E-state index in [2.05, 4.69) is 20.2 Å². The molecule has 1 amide bonds. The third kappa shape index (κ3) is 4.04. The Hall–Kier alpha value is -3.27. The number of methoxy groups -OCH3 is 1. The molecule has 3 atom stereocenters.